The fourth-order valence-electron chi connectivity index (χ4n) is 10.9. The van der Waals surface area contributed by atoms with Crippen molar-refractivity contribution in [2.24, 2.45) is 40.7 Å². The molecular weight excluding hydrogens is 1330 g/mol. The molecular formula is C66H107N19O17. The first kappa shape index (κ1) is 88.0. The molecule has 0 radical (unpaired) electrons. The number of nitrogens with two attached hydrogens (primary N) is 4. The van der Waals surface area contributed by atoms with E-state index in [1.165, 1.54) is 45.8 Å². The Labute approximate surface area is 592 Å². The van der Waals surface area contributed by atoms with Gasteiger partial charge in [-0.15, -0.1) is 13.2 Å². The van der Waals surface area contributed by atoms with Gasteiger partial charge in [-0.05, 0) is 115 Å². The molecule has 36 nitrogen and oxygen atoms in total. The van der Waals surface area contributed by atoms with Crippen LogP contribution in [-0.4, -0.2) is 197 Å². The predicted octanol–water partition coefficient (Wildman–Crippen LogP) is -3.29. The minimum Gasteiger partial charge on any atom is -0.481 e. The summed E-state index contributed by atoms with van der Waals surface area (Å²) in [6.45, 7) is 19.5. The van der Waals surface area contributed by atoms with Crippen molar-refractivity contribution in [3.63, 3.8) is 0 Å². The number of carboxylic acid groups (broad SMARTS) is 1. The maximum atomic E-state index is 15.0. The monoisotopic (exact) mass is 1440 g/mol. The quantitative estimate of drug-likeness (QED) is 0.0228. The van der Waals surface area contributed by atoms with Crippen molar-refractivity contribution in [2.75, 3.05) is 13.2 Å². The van der Waals surface area contributed by atoms with Gasteiger partial charge in [-0.3, -0.25) is 71.9 Å². The fraction of sp³-hybridized carbons (Fsp3) is 0.621. The second-order valence-electron chi connectivity index (χ2n) is 26.6. The number of aliphatic carboxylic acids is 1. The number of primary amides is 3. The van der Waals surface area contributed by atoms with E-state index in [0.29, 0.717) is 37.1 Å². The number of unbranched alkanes of at least 4 members (excludes halogenated alkanes) is 2. The highest BCUT2D eigenvalue weighted by Gasteiger charge is 2.43. The summed E-state index contributed by atoms with van der Waals surface area (Å²) < 4.78 is 0. The van der Waals surface area contributed by atoms with Gasteiger partial charge in [0.25, 0.3) is 0 Å². The molecule has 12 atom stereocenters. The van der Waals surface area contributed by atoms with Crippen LogP contribution in [0.1, 0.15) is 163 Å². The van der Waals surface area contributed by atoms with Gasteiger partial charge in [-0.1, -0.05) is 46.8 Å². The molecule has 2 aromatic rings. The fourth-order valence-corrected chi connectivity index (χ4v) is 10.9. The average molecular weight is 1440 g/mol. The molecule has 0 bridgehead atoms. The third kappa shape index (κ3) is 32.0. The molecule has 0 saturated heterocycles. The third-order valence-corrected chi connectivity index (χ3v) is 16.2. The summed E-state index contributed by atoms with van der Waals surface area (Å²) in [7, 11) is 0. The Morgan fingerprint density at radius 2 is 0.941 bits per heavy atom. The first-order valence-corrected chi connectivity index (χ1v) is 33.8. The number of aromatic amines is 2. The van der Waals surface area contributed by atoms with Gasteiger partial charge < -0.3 is 102 Å². The van der Waals surface area contributed by atoms with Gasteiger partial charge in [0, 0.05) is 56.4 Å². The number of aliphatic hydroxyl groups excluding tert-OH is 1. The molecule has 14 amide bonds. The molecule has 0 saturated carbocycles. The Morgan fingerprint density at radius 1 is 0.529 bits per heavy atom. The van der Waals surface area contributed by atoms with Crippen molar-refractivity contribution in [3.05, 3.63) is 61.7 Å². The zero-order valence-electron chi connectivity index (χ0n) is 59.5. The maximum absolute atomic E-state index is 15.0. The molecule has 2 aromatic heterocycles. The second-order valence-corrected chi connectivity index (χ2v) is 26.6. The number of hydrogen-bond acceptors (Lipinski definition) is 19. The SMILES string of the molecule is C=CCCC[C@](C)(NC(=O)[C@H](CCCCN)NC(=O)[C@H](Cc1cnc[nH]1)NC(C)=O)C(=O)N[C@@H](CC(C)C)C(=O)N[C@@H](Cc1cnc[nH]1)C(=O)N[C@@H](CCC(N)=O)C(=O)N[C@@](C)(C[C@@H](C)CC=C)C(=O)N[C@@H](CC(C)C)C(=O)N[C@@H](CCC(N)=O)C(=O)N[C@@H](CC(=O)O)C(=O)N[C@@H](CO)C(N)=O. The van der Waals surface area contributed by atoms with Crippen LogP contribution in [0.3, 0.4) is 0 Å². The molecule has 568 valence electrons. The molecule has 0 aliphatic carbocycles. The van der Waals surface area contributed by atoms with Crippen molar-refractivity contribution in [1.82, 2.24) is 78.4 Å². The minimum atomic E-state index is -2.01. The van der Waals surface area contributed by atoms with Crippen LogP contribution in [0.2, 0.25) is 0 Å². The van der Waals surface area contributed by atoms with E-state index in [-0.39, 0.29) is 69.7 Å². The van der Waals surface area contributed by atoms with Crippen LogP contribution in [0.4, 0.5) is 0 Å². The van der Waals surface area contributed by atoms with Crippen molar-refractivity contribution in [2.45, 2.75) is 230 Å². The zero-order valence-corrected chi connectivity index (χ0v) is 59.5. The smallest absolute Gasteiger partial charge is 0.305 e. The molecule has 23 N–H and O–H groups in total. The summed E-state index contributed by atoms with van der Waals surface area (Å²) in [5.74, 6) is -16.1. The Hall–Kier alpha value is -10.1. The molecule has 2 heterocycles. The van der Waals surface area contributed by atoms with Crippen molar-refractivity contribution < 1.29 is 82.1 Å². The van der Waals surface area contributed by atoms with Crippen molar-refractivity contribution in [3.8, 4) is 0 Å². The molecule has 0 unspecified atom stereocenters. The lowest BCUT2D eigenvalue weighted by molar-refractivity contribution is -0.141. The molecule has 36 heteroatoms. The lowest BCUT2D eigenvalue weighted by Gasteiger charge is -2.35. The largest absolute Gasteiger partial charge is 0.481 e. The van der Waals surface area contributed by atoms with Crippen LogP contribution in [0.25, 0.3) is 0 Å². The van der Waals surface area contributed by atoms with E-state index < -0.39 is 199 Å². The molecule has 0 aliphatic rings. The third-order valence-electron chi connectivity index (χ3n) is 16.2. The van der Waals surface area contributed by atoms with Gasteiger partial charge in [-0.25, -0.2) is 9.97 Å². The normalized spacial score (nSPS) is 15.3. The topological polar surface area (TPSA) is 590 Å². The van der Waals surface area contributed by atoms with Gasteiger partial charge in [0.1, 0.15) is 65.5 Å². The summed E-state index contributed by atoms with van der Waals surface area (Å²) in [5.41, 5.74) is 19.0. The second kappa shape index (κ2) is 44.2. The summed E-state index contributed by atoms with van der Waals surface area (Å²) >= 11 is 0. The summed E-state index contributed by atoms with van der Waals surface area (Å²) in [6, 6.07) is -14.0. The lowest BCUT2D eigenvalue weighted by atomic mass is 9.86. The highest BCUT2D eigenvalue weighted by atomic mass is 16.4. The van der Waals surface area contributed by atoms with Crippen LogP contribution in [0.5, 0.6) is 0 Å². The summed E-state index contributed by atoms with van der Waals surface area (Å²) in [4.78, 5) is 218. The first-order valence-electron chi connectivity index (χ1n) is 33.8. The summed E-state index contributed by atoms with van der Waals surface area (Å²) in [6.07, 6.45) is 6.78. The van der Waals surface area contributed by atoms with E-state index in [9.17, 15) is 82.1 Å². The number of carboxylic acids is 1. The molecule has 2 rings (SSSR count). The maximum Gasteiger partial charge on any atom is 0.305 e. The molecule has 0 aromatic carbocycles. The number of nitrogens with one attached hydrogen (secondary N) is 13. The van der Waals surface area contributed by atoms with Crippen LogP contribution < -0.4 is 81.4 Å². The molecule has 0 spiro atoms. The Balaban J connectivity index is 2.67. The Bertz CT molecular complexity index is 3180. The van der Waals surface area contributed by atoms with E-state index in [1.54, 1.807) is 46.8 Å². The number of carbonyl (C=O) groups excluding carboxylic acids is 14. The van der Waals surface area contributed by atoms with Crippen LogP contribution in [0, 0.1) is 17.8 Å². The Kier molecular flexibility index (Phi) is 38.1. The van der Waals surface area contributed by atoms with Gasteiger partial charge >= 0.3 is 5.97 Å². The lowest BCUT2D eigenvalue weighted by Crippen LogP contribution is -2.65. The number of allylic oxidation sites excluding steroid dienone is 2. The van der Waals surface area contributed by atoms with Crippen molar-refractivity contribution >= 4 is 88.7 Å². The highest BCUT2D eigenvalue weighted by molar-refractivity contribution is 6.01. The number of rotatable bonds is 51. The van der Waals surface area contributed by atoms with Crippen LogP contribution in [0.15, 0.2) is 50.4 Å². The van der Waals surface area contributed by atoms with Crippen molar-refractivity contribution in [1.29, 1.82) is 0 Å². The van der Waals surface area contributed by atoms with E-state index >= 15 is 0 Å². The zero-order chi connectivity index (χ0) is 77.0. The standard InChI is InChI=1S/C66H107N19O17/c1-11-13-15-23-65(9,84-61(99)42(18-14-16-24-67)76-58(96)47(75-39(8)87)27-40-31-71-34-73-40)63(101)82-46(26-37(5)6)57(95)79-48(28-41-32-72-35-74-41)59(97)78-44(20-22-52(69)89)62(100)85-66(10,30-38(7)17-12-2)64(102)83-45(25-36(3)4)56(94)77-43(19-21-51(68)88)55(93)80-49(29-53(90)91)60(98)81-50(33-86)54(70)92/h11-12,31-32,34-38,42-50,86H,1-2,13-30,33,67H2,3-10H3,(H2,68,88)(H2,69,89)(H2,70,92)(H,71,73)(H,72,74)(H,75,87)(H,76,96)(H,77,94)(H,78,97)(H,79,95)(H,80,93)(H,81,98)(H,82,101)(H,83,102)(H,84,99)(H,85,100)(H,90,91)/t38-,42-,43-,44-,45-,46-,47-,48-,49-,50-,65-,66-/m0/s1. The molecule has 102 heavy (non-hydrogen) atoms. The van der Waals surface area contributed by atoms with Gasteiger partial charge in [0.2, 0.25) is 82.7 Å². The number of aliphatic hydroxyl groups is 1. The van der Waals surface area contributed by atoms with Gasteiger partial charge in [0.05, 0.1) is 25.7 Å². The van der Waals surface area contributed by atoms with E-state index in [4.69, 9.17) is 22.9 Å². The number of H-pyrrole nitrogens is 2. The van der Waals surface area contributed by atoms with Gasteiger partial charge in [0.15, 0.2) is 0 Å². The van der Waals surface area contributed by atoms with Crippen LogP contribution >= 0.6 is 0 Å². The Morgan fingerprint density at radius 3 is 1.35 bits per heavy atom. The number of aromatic nitrogens is 4. The average Bonchev–Trinajstić information content (AvgIpc) is 0.925. The van der Waals surface area contributed by atoms with Crippen LogP contribution in [-0.2, 0) is 84.8 Å². The number of imidazole rings is 2. The number of hydrogen-bond donors (Lipinski definition) is 19. The highest BCUT2D eigenvalue weighted by Crippen LogP contribution is 2.23. The predicted molar refractivity (Wildman–Crippen MR) is 371 cm³/mol. The molecule has 0 aliphatic heterocycles. The first-order chi connectivity index (χ1) is 47.9. The van der Waals surface area contributed by atoms with E-state index in [1.807, 2.05) is 5.32 Å². The molecule has 0 fully saturated rings. The van der Waals surface area contributed by atoms with E-state index in [2.05, 4.69) is 86.3 Å². The minimum absolute atomic E-state index is 0.00603. The number of amides is 14. The summed E-state index contributed by atoms with van der Waals surface area (Å²) in [5, 5.41) is 47.3. The van der Waals surface area contributed by atoms with E-state index in [0.717, 1.165) is 0 Å². The number of carbonyl (C=O) groups is 15. The number of nitrogens with zero attached hydrogens (tertiary/aromatic N) is 2. The van der Waals surface area contributed by atoms with Gasteiger partial charge in [-0.2, -0.15) is 0 Å².